The quantitative estimate of drug-likeness (QED) is 0.566. The second kappa shape index (κ2) is 9.09. The number of amides is 1. The molecule has 0 spiro atoms. The maximum absolute atomic E-state index is 13.2. The second-order valence-electron chi connectivity index (χ2n) is 6.78. The fraction of sp³-hybridized carbons (Fsp3) is 0.174. The number of rotatable bonds is 7. The van der Waals surface area contributed by atoms with E-state index in [0.29, 0.717) is 24.3 Å². The van der Waals surface area contributed by atoms with E-state index >= 15 is 0 Å². The molecule has 7 heteroatoms. The van der Waals surface area contributed by atoms with Gasteiger partial charge in [-0.15, -0.1) is 0 Å². The first kappa shape index (κ1) is 21.5. The highest BCUT2D eigenvalue weighted by Gasteiger charge is 2.23. The van der Waals surface area contributed by atoms with Gasteiger partial charge in [-0.2, -0.15) is 0 Å². The van der Waals surface area contributed by atoms with Gasteiger partial charge >= 0.3 is 0 Å². The van der Waals surface area contributed by atoms with Crippen molar-refractivity contribution in [2.24, 2.45) is 0 Å². The minimum absolute atomic E-state index is 0.00376. The molecule has 156 valence electrons. The topological polar surface area (TPSA) is 57.7 Å². The Morgan fingerprint density at radius 2 is 1.60 bits per heavy atom. The number of anilines is 1. The Morgan fingerprint density at radius 3 is 2.23 bits per heavy atom. The van der Waals surface area contributed by atoms with Crippen LogP contribution in [0, 0.1) is 5.82 Å². The Kier molecular flexibility index (Phi) is 6.52. The Balaban J connectivity index is 1.87. The fourth-order valence-corrected chi connectivity index (χ4v) is 4.29. The summed E-state index contributed by atoms with van der Waals surface area (Å²) in [5.41, 5.74) is 1.61. The molecule has 1 amide bonds. The van der Waals surface area contributed by atoms with E-state index in [2.05, 4.69) is 0 Å². The normalized spacial score (nSPS) is 11.2. The molecule has 3 aromatic carbocycles. The van der Waals surface area contributed by atoms with Crippen LogP contribution < -0.4 is 4.31 Å². The van der Waals surface area contributed by atoms with Crippen LogP contribution >= 0.6 is 0 Å². The first-order valence-corrected chi connectivity index (χ1v) is 10.9. The summed E-state index contributed by atoms with van der Waals surface area (Å²) >= 11 is 0. The summed E-state index contributed by atoms with van der Waals surface area (Å²) in [6, 6.07) is 20.8. The first-order chi connectivity index (χ1) is 14.3. The monoisotopic (exact) mass is 426 g/mol. The third-order valence-corrected chi connectivity index (χ3v) is 6.60. The van der Waals surface area contributed by atoms with Gasteiger partial charge in [0.1, 0.15) is 5.82 Å². The van der Waals surface area contributed by atoms with Crippen molar-refractivity contribution in [3.05, 3.63) is 95.8 Å². The average molecular weight is 427 g/mol. The molecule has 0 aliphatic carbocycles. The third kappa shape index (κ3) is 4.68. The van der Waals surface area contributed by atoms with Gasteiger partial charge in [0.25, 0.3) is 15.9 Å². The zero-order chi connectivity index (χ0) is 21.7. The van der Waals surface area contributed by atoms with Gasteiger partial charge in [0, 0.05) is 25.7 Å². The molecule has 0 N–H and O–H groups in total. The van der Waals surface area contributed by atoms with Crippen molar-refractivity contribution in [2.75, 3.05) is 17.9 Å². The first-order valence-electron chi connectivity index (χ1n) is 9.50. The molecular weight excluding hydrogens is 403 g/mol. The summed E-state index contributed by atoms with van der Waals surface area (Å²) in [6.07, 6.45) is 0. The van der Waals surface area contributed by atoms with E-state index in [0.717, 1.165) is 9.87 Å². The number of hydrogen-bond donors (Lipinski definition) is 0. The molecule has 0 aromatic heterocycles. The second-order valence-corrected chi connectivity index (χ2v) is 8.75. The summed E-state index contributed by atoms with van der Waals surface area (Å²) in [5, 5.41) is 0. The van der Waals surface area contributed by atoms with Gasteiger partial charge in [0.15, 0.2) is 0 Å². The predicted molar refractivity (Wildman–Crippen MR) is 115 cm³/mol. The number of hydrogen-bond acceptors (Lipinski definition) is 3. The van der Waals surface area contributed by atoms with Gasteiger partial charge in [0.05, 0.1) is 10.6 Å². The van der Waals surface area contributed by atoms with E-state index in [9.17, 15) is 17.6 Å². The van der Waals surface area contributed by atoms with E-state index in [1.54, 1.807) is 17.0 Å². The van der Waals surface area contributed by atoms with Crippen LogP contribution in [0.2, 0.25) is 0 Å². The molecule has 0 unspecified atom stereocenters. The standard InChI is InChI=1S/C23H23FN2O3S/c1-3-26(17-18-8-5-4-6-9-18)23(27)19-10-7-11-22(16-19)30(28,29)25(2)21-14-12-20(24)13-15-21/h4-16H,3,17H2,1-2H3. The smallest absolute Gasteiger partial charge is 0.264 e. The van der Waals surface area contributed by atoms with Gasteiger partial charge in [-0.3, -0.25) is 9.10 Å². The minimum atomic E-state index is -3.91. The van der Waals surface area contributed by atoms with Crippen LogP contribution in [0.15, 0.2) is 83.8 Å². The number of sulfonamides is 1. The Morgan fingerprint density at radius 1 is 0.933 bits per heavy atom. The van der Waals surface area contributed by atoms with Crippen molar-refractivity contribution in [2.45, 2.75) is 18.4 Å². The highest BCUT2D eigenvalue weighted by atomic mass is 32.2. The lowest BCUT2D eigenvalue weighted by molar-refractivity contribution is 0.0752. The molecule has 0 aliphatic rings. The maximum Gasteiger partial charge on any atom is 0.264 e. The zero-order valence-corrected chi connectivity index (χ0v) is 17.6. The molecule has 0 heterocycles. The van der Waals surface area contributed by atoms with Crippen molar-refractivity contribution >= 4 is 21.6 Å². The maximum atomic E-state index is 13.2. The lowest BCUT2D eigenvalue weighted by Gasteiger charge is -2.22. The van der Waals surface area contributed by atoms with Crippen molar-refractivity contribution in [3.8, 4) is 0 Å². The summed E-state index contributed by atoms with van der Waals surface area (Å²) in [4.78, 5) is 14.7. The molecule has 30 heavy (non-hydrogen) atoms. The van der Waals surface area contributed by atoms with Crippen LogP contribution in [-0.4, -0.2) is 32.8 Å². The molecule has 0 aliphatic heterocycles. The van der Waals surface area contributed by atoms with E-state index in [1.165, 1.54) is 43.4 Å². The molecule has 0 saturated carbocycles. The lowest BCUT2D eigenvalue weighted by Crippen LogP contribution is -2.31. The largest absolute Gasteiger partial charge is 0.335 e. The van der Waals surface area contributed by atoms with Gasteiger partial charge in [0.2, 0.25) is 0 Å². The van der Waals surface area contributed by atoms with Gasteiger partial charge < -0.3 is 4.90 Å². The van der Waals surface area contributed by atoms with Gasteiger partial charge in [-0.05, 0) is 55.0 Å². The molecule has 0 fully saturated rings. The lowest BCUT2D eigenvalue weighted by atomic mass is 10.1. The zero-order valence-electron chi connectivity index (χ0n) is 16.8. The summed E-state index contributed by atoms with van der Waals surface area (Å²) in [7, 11) is -2.52. The Labute approximate surface area is 176 Å². The average Bonchev–Trinajstić information content (AvgIpc) is 2.78. The Hall–Kier alpha value is -3.19. The highest BCUT2D eigenvalue weighted by Crippen LogP contribution is 2.23. The summed E-state index contributed by atoms with van der Waals surface area (Å²) in [6.45, 7) is 2.80. The van der Waals surface area contributed by atoms with Gasteiger partial charge in [-0.1, -0.05) is 36.4 Å². The van der Waals surface area contributed by atoms with E-state index in [-0.39, 0.29) is 10.8 Å². The van der Waals surface area contributed by atoms with Crippen molar-refractivity contribution in [1.29, 1.82) is 0 Å². The van der Waals surface area contributed by atoms with E-state index in [1.807, 2.05) is 37.3 Å². The van der Waals surface area contributed by atoms with Crippen LogP contribution in [0.4, 0.5) is 10.1 Å². The molecule has 3 rings (SSSR count). The van der Waals surface area contributed by atoms with Crippen molar-refractivity contribution in [1.82, 2.24) is 4.90 Å². The summed E-state index contributed by atoms with van der Waals surface area (Å²) in [5.74, 6) is -0.696. The summed E-state index contributed by atoms with van der Waals surface area (Å²) < 4.78 is 40.3. The van der Waals surface area contributed by atoms with Crippen LogP contribution in [0.1, 0.15) is 22.8 Å². The van der Waals surface area contributed by atoms with Crippen molar-refractivity contribution in [3.63, 3.8) is 0 Å². The van der Waals surface area contributed by atoms with Crippen molar-refractivity contribution < 1.29 is 17.6 Å². The molecule has 0 atom stereocenters. The molecule has 5 nitrogen and oxygen atoms in total. The number of nitrogens with zero attached hydrogens (tertiary/aromatic N) is 2. The highest BCUT2D eigenvalue weighted by molar-refractivity contribution is 7.92. The number of carbonyl (C=O) groups excluding carboxylic acids is 1. The molecule has 0 saturated heterocycles. The minimum Gasteiger partial charge on any atom is -0.335 e. The third-order valence-electron chi connectivity index (χ3n) is 4.81. The SMILES string of the molecule is CCN(Cc1ccccc1)C(=O)c1cccc(S(=O)(=O)N(C)c2ccc(F)cc2)c1. The van der Waals surface area contributed by atoms with E-state index < -0.39 is 15.8 Å². The molecule has 0 bridgehead atoms. The van der Waals surface area contributed by atoms with E-state index in [4.69, 9.17) is 0 Å². The van der Waals surface area contributed by atoms with Crippen LogP contribution in [0.3, 0.4) is 0 Å². The Bertz CT molecular complexity index is 1120. The van der Waals surface area contributed by atoms with Crippen LogP contribution in [0.5, 0.6) is 0 Å². The van der Waals surface area contributed by atoms with Crippen LogP contribution in [-0.2, 0) is 16.6 Å². The number of halogens is 1. The van der Waals surface area contributed by atoms with Crippen LogP contribution in [0.25, 0.3) is 0 Å². The van der Waals surface area contributed by atoms with Gasteiger partial charge in [-0.25, -0.2) is 12.8 Å². The molecule has 0 radical (unpaired) electrons. The predicted octanol–water partition coefficient (Wildman–Crippen LogP) is 4.31. The molecule has 3 aromatic rings. The number of carbonyl (C=O) groups is 1. The molecular formula is C23H23FN2O3S. The fourth-order valence-electron chi connectivity index (χ4n) is 3.05. The number of benzene rings is 3.